The third kappa shape index (κ3) is 9.18. The van der Waals surface area contributed by atoms with Crippen molar-refractivity contribution in [2.24, 2.45) is 5.92 Å². The minimum absolute atomic E-state index is 0. The van der Waals surface area contributed by atoms with Crippen LogP contribution in [-0.2, 0) is 23.3 Å². The molecule has 3 rings (SSSR count). The molecule has 0 spiro atoms. The largest absolute Gasteiger partial charge is 1.00 e. The molecule has 2 aliphatic carbocycles. The summed E-state index contributed by atoms with van der Waals surface area (Å²) in [6, 6.07) is 2.24. The van der Waals surface area contributed by atoms with E-state index < -0.39 is 0 Å². The maximum Gasteiger partial charge on any atom is -0.0630 e. The van der Waals surface area contributed by atoms with Gasteiger partial charge in [-0.05, 0) is 12.3 Å². The standard InChI is InChI=1S/C9H11.C9H13.C2H6Si.2ClH.Zr/c1-2-5-9-7-3-6-8(9)4-1;1-6-5-7(2)9(4)8(6)3;1-3-2;;;/h1-2,4,6,9H,3,5,7H2;5H,1-4H3;1-2H3;2*1H;/q2*-1;;;;+2/p-2. The summed E-state index contributed by atoms with van der Waals surface area (Å²) >= 11 is 1.74. The average Bonchev–Trinajstić information content (AvgIpc) is 3.01. The molecule has 1 unspecified atom stereocenters. The van der Waals surface area contributed by atoms with Crippen LogP contribution in [0.25, 0.3) is 0 Å². The van der Waals surface area contributed by atoms with Crippen LogP contribution in [0.4, 0.5) is 0 Å². The molecule has 0 amide bonds. The molecule has 1 fully saturated rings. The molecule has 0 saturated heterocycles. The van der Waals surface area contributed by atoms with Crippen molar-refractivity contribution in [2.75, 3.05) is 0 Å². The molecule has 4 heteroatoms. The minimum Gasteiger partial charge on any atom is -1.00 e. The van der Waals surface area contributed by atoms with Crippen molar-refractivity contribution in [1.29, 1.82) is 0 Å². The summed E-state index contributed by atoms with van der Waals surface area (Å²) in [6.07, 6.45) is 13.0. The molecule has 1 aromatic carbocycles. The van der Waals surface area contributed by atoms with Gasteiger partial charge in [-0.3, -0.25) is 0 Å². The zero-order valence-corrected chi connectivity index (χ0v) is 20.8. The Hall–Kier alpha value is 0.380. The monoisotopic (exact) mass is 458 g/mol. The number of allylic oxidation sites excluding steroid dienone is 4. The van der Waals surface area contributed by atoms with Crippen LogP contribution in [0.15, 0.2) is 29.9 Å². The SMILES string of the molecule is C1=CCC2CC[CH-]C2=C1.C[Si](C)=[Zr+2].Cc1c[c-](C)c(C)c1C.[Cl-].[Cl-]. The molecule has 1 aromatic rings. The van der Waals surface area contributed by atoms with Gasteiger partial charge in [-0.25, -0.2) is 18.1 Å². The maximum atomic E-state index is 2.37. The molecule has 134 valence electrons. The Morgan fingerprint density at radius 3 is 2.17 bits per heavy atom. The van der Waals surface area contributed by atoms with Crippen LogP contribution in [0, 0.1) is 40.0 Å². The van der Waals surface area contributed by atoms with Crippen molar-refractivity contribution in [2.45, 2.75) is 60.1 Å². The molecule has 1 atom stereocenters. The van der Waals surface area contributed by atoms with Gasteiger partial charge >= 0.3 is 41.9 Å². The summed E-state index contributed by atoms with van der Waals surface area (Å²) in [7, 11) is 0. The van der Waals surface area contributed by atoms with E-state index in [4.69, 9.17) is 0 Å². The quantitative estimate of drug-likeness (QED) is 0.375. The molecule has 0 aliphatic heterocycles. The average molecular weight is 461 g/mol. The van der Waals surface area contributed by atoms with E-state index in [0.717, 1.165) is 5.92 Å². The zero-order chi connectivity index (χ0) is 16.7. The van der Waals surface area contributed by atoms with Crippen molar-refractivity contribution in [1.82, 2.24) is 0 Å². The summed E-state index contributed by atoms with van der Waals surface area (Å²) < 4.78 is 0. The first-order valence-corrected chi connectivity index (χ1v) is 14.4. The van der Waals surface area contributed by atoms with E-state index in [2.05, 4.69) is 71.5 Å². The van der Waals surface area contributed by atoms with E-state index in [-0.39, 0.29) is 30.2 Å². The predicted octanol–water partition coefficient (Wildman–Crippen LogP) is -0.0815. The third-order valence-corrected chi connectivity index (χ3v) is 4.39. The number of aryl methyl sites for hydroxylation is 2. The van der Waals surface area contributed by atoms with E-state index in [1.807, 2.05) is 0 Å². The number of rotatable bonds is 0. The Morgan fingerprint density at radius 2 is 1.79 bits per heavy atom. The molecular weight excluding hydrogens is 430 g/mol. The first-order valence-electron chi connectivity index (χ1n) is 8.24. The third-order valence-electron chi connectivity index (χ3n) is 4.39. The molecule has 0 bridgehead atoms. The molecule has 1 saturated carbocycles. The van der Waals surface area contributed by atoms with E-state index >= 15 is 0 Å². The Morgan fingerprint density at radius 1 is 1.21 bits per heavy atom. The summed E-state index contributed by atoms with van der Waals surface area (Å²) in [5, 5.41) is 0. The molecule has 0 N–H and O–H groups in total. The summed E-state index contributed by atoms with van der Waals surface area (Å²) in [5.74, 6) is 0.884. The van der Waals surface area contributed by atoms with Crippen LogP contribution in [-0.4, -0.2) is 5.43 Å². The molecular formula is C20H30Cl2SiZr-2. The fraction of sp³-hybridized carbons (Fsp3) is 0.500. The van der Waals surface area contributed by atoms with E-state index in [1.54, 1.807) is 28.9 Å². The first kappa shape index (κ1) is 26.6. The van der Waals surface area contributed by atoms with Gasteiger partial charge in [-0.1, -0.05) is 34.1 Å². The molecule has 0 aromatic heterocycles. The maximum absolute atomic E-state index is 2.37. The van der Waals surface area contributed by atoms with Gasteiger partial charge in [0, 0.05) is 0 Å². The number of fused-ring (bicyclic) bond motifs is 1. The number of hydrogen-bond donors (Lipinski definition) is 0. The molecule has 0 nitrogen and oxygen atoms in total. The molecule has 2 aliphatic rings. The molecule has 0 radical (unpaired) electrons. The van der Waals surface area contributed by atoms with Gasteiger partial charge in [0.15, 0.2) is 0 Å². The van der Waals surface area contributed by atoms with Crippen LogP contribution in [0.3, 0.4) is 0 Å². The zero-order valence-electron chi connectivity index (χ0n) is 15.8. The predicted molar refractivity (Wildman–Crippen MR) is 97.3 cm³/mol. The van der Waals surface area contributed by atoms with Crippen molar-refractivity contribution < 1.29 is 48.1 Å². The van der Waals surface area contributed by atoms with Crippen molar-refractivity contribution in [3.8, 4) is 0 Å². The topological polar surface area (TPSA) is 0 Å². The summed E-state index contributed by atoms with van der Waals surface area (Å²) in [6.45, 7) is 13.3. The van der Waals surface area contributed by atoms with Crippen molar-refractivity contribution >= 4 is 5.43 Å². The van der Waals surface area contributed by atoms with Crippen LogP contribution in [0.5, 0.6) is 0 Å². The minimum atomic E-state index is 0. The number of hydrogen-bond acceptors (Lipinski definition) is 0. The summed E-state index contributed by atoms with van der Waals surface area (Å²) in [4.78, 5) is 0. The Bertz CT molecular complexity index is 544. The summed E-state index contributed by atoms with van der Waals surface area (Å²) in [5.41, 5.74) is 7.54. The smallest absolute Gasteiger partial charge is 0.0630 e. The van der Waals surface area contributed by atoms with Gasteiger partial charge in [-0.15, -0.1) is 18.6 Å². The fourth-order valence-corrected chi connectivity index (χ4v) is 2.80. The fourth-order valence-electron chi connectivity index (χ4n) is 2.80. The Kier molecular flexibility index (Phi) is 15.0. The Labute approximate surface area is 177 Å². The van der Waals surface area contributed by atoms with Crippen molar-refractivity contribution in [3.05, 3.63) is 58.5 Å². The van der Waals surface area contributed by atoms with Gasteiger partial charge in [0.25, 0.3) is 0 Å². The van der Waals surface area contributed by atoms with Gasteiger partial charge in [0.1, 0.15) is 0 Å². The van der Waals surface area contributed by atoms with Gasteiger partial charge in [0.2, 0.25) is 0 Å². The van der Waals surface area contributed by atoms with E-state index in [1.165, 1.54) is 41.5 Å². The van der Waals surface area contributed by atoms with Crippen LogP contribution in [0.2, 0.25) is 13.1 Å². The van der Waals surface area contributed by atoms with E-state index in [0.29, 0.717) is 0 Å². The van der Waals surface area contributed by atoms with Gasteiger partial charge in [-0.2, -0.15) is 28.3 Å². The van der Waals surface area contributed by atoms with E-state index in [9.17, 15) is 0 Å². The van der Waals surface area contributed by atoms with Gasteiger partial charge in [0.05, 0.1) is 0 Å². The normalized spacial score (nSPS) is 16.7. The number of halogens is 2. The molecule has 0 heterocycles. The van der Waals surface area contributed by atoms with Crippen LogP contribution in [0.1, 0.15) is 41.5 Å². The second-order valence-electron chi connectivity index (χ2n) is 6.57. The van der Waals surface area contributed by atoms with Crippen molar-refractivity contribution in [3.63, 3.8) is 0 Å². The van der Waals surface area contributed by atoms with Crippen LogP contribution >= 0.6 is 0 Å². The van der Waals surface area contributed by atoms with Gasteiger partial charge < -0.3 is 24.8 Å². The second-order valence-corrected chi connectivity index (χ2v) is 15.9. The Balaban J connectivity index is 0. The van der Waals surface area contributed by atoms with Crippen LogP contribution < -0.4 is 24.8 Å². The second kappa shape index (κ2) is 13.6. The first-order chi connectivity index (χ1) is 10.3. The molecule has 24 heavy (non-hydrogen) atoms.